The fourth-order valence-electron chi connectivity index (χ4n) is 1.57. The molecule has 0 aromatic carbocycles. The zero-order chi connectivity index (χ0) is 12.4. The molecule has 0 N–H and O–H groups in total. The van der Waals surface area contributed by atoms with Gasteiger partial charge in [-0.15, -0.1) is 0 Å². The normalized spacial score (nSPS) is 10.1. The van der Waals surface area contributed by atoms with Crippen molar-refractivity contribution in [2.75, 3.05) is 46.7 Å². The summed E-state index contributed by atoms with van der Waals surface area (Å²) in [6.45, 7) is 0.949. The molecule has 0 atom stereocenters. The first kappa shape index (κ1) is 15.6. The van der Waals surface area contributed by atoms with Crippen molar-refractivity contribution in [3.05, 3.63) is 0 Å². The molecule has 0 aliphatic carbocycles. The Morgan fingerprint density at radius 1 is 0.938 bits per heavy atom. The number of aliphatic imine (C=N–C) groups is 1. The van der Waals surface area contributed by atoms with Gasteiger partial charge < -0.3 is 9.80 Å². The van der Waals surface area contributed by atoms with Gasteiger partial charge in [0.05, 0.1) is 0 Å². The Kier molecular flexibility index (Phi) is 9.59. The molecule has 0 rings (SSSR count). The lowest BCUT2D eigenvalue weighted by molar-refractivity contribution is 0.478. The zero-order valence-electron chi connectivity index (χ0n) is 11.5. The van der Waals surface area contributed by atoms with Crippen LogP contribution in [0.5, 0.6) is 0 Å². The molecule has 96 valence electrons. The van der Waals surface area contributed by atoms with E-state index < -0.39 is 0 Å². The molecule has 0 saturated heterocycles. The molecular weight excluding hydrogens is 218 g/mol. The summed E-state index contributed by atoms with van der Waals surface area (Å²) >= 11 is 1.94. The van der Waals surface area contributed by atoms with Gasteiger partial charge in [-0.05, 0) is 24.9 Å². The Hall–Kier alpha value is -0.380. The van der Waals surface area contributed by atoms with Gasteiger partial charge in [-0.2, -0.15) is 11.8 Å². The van der Waals surface area contributed by atoms with Gasteiger partial charge in [0, 0.05) is 34.7 Å². The third-order valence-corrected chi connectivity index (χ3v) is 3.01. The molecule has 0 heterocycles. The first-order valence-corrected chi connectivity index (χ1v) is 7.37. The van der Waals surface area contributed by atoms with Crippen LogP contribution in [0.2, 0.25) is 0 Å². The summed E-state index contributed by atoms with van der Waals surface area (Å²) in [5.74, 6) is 2.35. The molecule has 0 aliphatic rings. The van der Waals surface area contributed by atoms with Crippen molar-refractivity contribution in [3.8, 4) is 0 Å². The average Bonchev–Trinajstić information content (AvgIpc) is 2.21. The van der Waals surface area contributed by atoms with Gasteiger partial charge in [-0.25, -0.2) is 0 Å². The third-order valence-electron chi connectivity index (χ3n) is 2.31. The molecule has 0 saturated carbocycles. The minimum absolute atomic E-state index is 0.949. The standard InChI is InChI=1S/C12H27N3S/c1-14(2)12(15(3)4)13-10-8-6-7-9-11-16-5/h6-11H2,1-5H3. The molecule has 0 aromatic heterocycles. The van der Waals surface area contributed by atoms with Crippen molar-refractivity contribution in [2.24, 2.45) is 4.99 Å². The van der Waals surface area contributed by atoms with Gasteiger partial charge >= 0.3 is 0 Å². The van der Waals surface area contributed by atoms with E-state index in [0.29, 0.717) is 0 Å². The lowest BCUT2D eigenvalue weighted by atomic mass is 10.2. The number of hydrogen-bond acceptors (Lipinski definition) is 2. The largest absolute Gasteiger partial charge is 0.349 e. The van der Waals surface area contributed by atoms with Crippen LogP contribution in [0.4, 0.5) is 0 Å². The molecule has 4 heteroatoms. The Bertz CT molecular complexity index is 181. The smallest absolute Gasteiger partial charge is 0.195 e. The van der Waals surface area contributed by atoms with Gasteiger partial charge in [0.15, 0.2) is 5.96 Å². The van der Waals surface area contributed by atoms with E-state index in [0.717, 1.165) is 12.5 Å². The number of thioether (sulfide) groups is 1. The first-order chi connectivity index (χ1) is 7.59. The number of guanidine groups is 1. The number of unbranched alkanes of at least 4 members (excludes halogenated alkanes) is 3. The topological polar surface area (TPSA) is 18.8 Å². The lowest BCUT2D eigenvalue weighted by Crippen LogP contribution is -2.35. The summed E-state index contributed by atoms with van der Waals surface area (Å²) in [7, 11) is 8.16. The van der Waals surface area contributed by atoms with Crippen molar-refractivity contribution in [2.45, 2.75) is 25.7 Å². The first-order valence-electron chi connectivity index (χ1n) is 5.97. The van der Waals surface area contributed by atoms with E-state index in [1.54, 1.807) is 0 Å². The quantitative estimate of drug-likeness (QED) is 0.390. The van der Waals surface area contributed by atoms with Crippen LogP contribution in [0.25, 0.3) is 0 Å². The van der Waals surface area contributed by atoms with Crippen LogP contribution >= 0.6 is 11.8 Å². The average molecular weight is 245 g/mol. The number of hydrogen-bond donors (Lipinski definition) is 0. The van der Waals surface area contributed by atoms with Gasteiger partial charge in [0.1, 0.15) is 0 Å². The molecule has 0 bridgehead atoms. The fraction of sp³-hybridized carbons (Fsp3) is 0.917. The fourth-order valence-corrected chi connectivity index (χ4v) is 2.07. The van der Waals surface area contributed by atoms with Crippen molar-refractivity contribution in [1.29, 1.82) is 0 Å². The SMILES string of the molecule is CSCCCCCCN=C(N(C)C)N(C)C. The Morgan fingerprint density at radius 3 is 2.00 bits per heavy atom. The molecule has 0 unspecified atom stereocenters. The van der Waals surface area contributed by atoms with Crippen molar-refractivity contribution < 1.29 is 0 Å². The van der Waals surface area contributed by atoms with Gasteiger partial charge in [-0.3, -0.25) is 4.99 Å². The summed E-state index contributed by atoms with van der Waals surface area (Å²) in [6, 6.07) is 0. The van der Waals surface area contributed by atoms with E-state index in [4.69, 9.17) is 0 Å². The summed E-state index contributed by atoms with van der Waals surface area (Å²) in [4.78, 5) is 8.73. The van der Waals surface area contributed by atoms with Gasteiger partial charge in [0.25, 0.3) is 0 Å². The van der Waals surface area contributed by atoms with Crippen LogP contribution in [0.1, 0.15) is 25.7 Å². The van der Waals surface area contributed by atoms with Crippen LogP contribution in [-0.4, -0.2) is 62.5 Å². The highest BCUT2D eigenvalue weighted by Gasteiger charge is 2.02. The van der Waals surface area contributed by atoms with Crippen LogP contribution < -0.4 is 0 Å². The summed E-state index contributed by atoms with van der Waals surface area (Å²) in [5, 5.41) is 0. The van der Waals surface area contributed by atoms with Crippen LogP contribution in [0, 0.1) is 0 Å². The van der Waals surface area contributed by atoms with Crippen molar-refractivity contribution in [1.82, 2.24) is 9.80 Å². The van der Waals surface area contributed by atoms with E-state index in [2.05, 4.69) is 21.0 Å². The maximum Gasteiger partial charge on any atom is 0.195 e. The molecule has 0 fully saturated rings. The van der Waals surface area contributed by atoms with Crippen molar-refractivity contribution in [3.63, 3.8) is 0 Å². The molecular formula is C12H27N3S. The van der Waals surface area contributed by atoms with Crippen LogP contribution in [-0.2, 0) is 0 Å². The second-order valence-electron chi connectivity index (χ2n) is 4.38. The minimum Gasteiger partial charge on any atom is -0.349 e. The zero-order valence-corrected chi connectivity index (χ0v) is 12.3. The molecule has 3 nitrogen and oxygen atoms in total. The summed E-state index contributed by atoms with van der Waals surface area (Å²) in [5.41, 5.74) is 0. The van der Waals surface area contributed by atoms with E-state index in [1.807, 2.05) is 40.0 Å². The van der Waals surface area contributed by atoms with Crippen LogP contribution in [0.3, 0.4) is 0 Å². The molecule has 0 radical (unpaired) electrons. The van der Waals surface area contributed by atoms with Gasteiger partial charge in [0.2, 0.25) is 0 Å². The molecule has 0 amide bonds. The Morgan fingerprint density at radius 2 is 1.50 bits per heavy atom. The van der Waals surface area contributed by atoms with E-state index in [-0.39, 0.29) is 0 Å². The van der Waals surface area contributed by atoms with Gasteiger partial charge in [-0.1, -0.05) is 12.8 Å². The summed E-state index contributed by atoms with van der Waals surface area (Å²) in [6.07, 6.45) is 7.37. The van der Waals surface area contributed by atoms with Crippen LogP contribution in [0.15, 0.2) is 4.99 Å². The second kappa shape index (κ2) is 9.82. The highest BCUT2D eigenvalue weighted by Crippen LogP contribution is 2.04. The van der Waals surface area contributed by atoms with E-state index in [9.17, 15) is 0 Å². The molecule has 0 aromatic rings. The molecule has 16 heavy (non-hydrogen) atoms. The number of rotatable bonds is 7. The maximum absolute atomic E-state index is 4.60. The monoisotopic (exact) mass is 245 g/mol. The highest BCUT2D eigenvalue weighted by molar-refractivity contribution is 7.98. The second-order valence-corrected chi connectivity index (χ2v) is 5.36. The van der Waals surface area contributed by atoms with E-state index >= 15 is 0 Å². The summed E-state index contributed by atoms with van der Waals surface area (Å²) < 4.78 is 0. The Labute approximate surface area is 105 Å². The molecule has 0 aliphatic heterocycles. The highest BCUT2D eigenvalue weighted by atomic mass is 32.2. The molecule has 0 spiro atoms. The Balaban J connectivity index is 3.63. The predicted molar refractivity (Wildman–Crippen MR) is 76.5 cm³/mol. The lowest BCUT2D eigenvalue weighted by Gasteiger charge is -2.22. The third kappa shape index (κ3) is 7.85. The van der Waals surface area contributed by atoms with E-state index in [1.165, 1.54) is 31.4 Å². The number of nitrogens with zero attached hydrogens (tertiary/aromatic N) is 3. The minimum atomic E-state index is 0.949. The van der Waals surface area contributed by atoms with Crippen molar-refractivity contribution >= 4 is 17.7 Å². The maximum atomic E-state index is 4.60. The predicted octanol–water partition coefficient (Wildman–Crippen LogP) is 2.39.